The first-order chi connectivity index (χ1) is 7.46. The molecule has 1 saturated carbocycles. The molecule has 0 saturated heterocycles. The molecule has 1 aromatic heterocycles. The van der Waals surface area contributed by atoms with Crippen molar-refractivity contribution in [3.05, 3.63) is 11.1 Å². The third kappa shape index (κ3) is 2.52. The van der Waals surface area contributed by atoms with E-state index in [0.717, 1.165) is 18.0 Å². The molecule has 5 heteroatoms. The Balaban J connectivity index is 1.97. The molecular weight excluding hydrogens is 224 g/mol. The zero-order valence-electron chi connectivity index (χ0n) is 9.49. The van der Waals surface area contributed by atoms with Crippen LogP contribution in [0, 0.1) is 5.41 Å². The van der Waals surface area contributed by atoms with E-state index in [1.807, 2.05) is 0 Å². The van der Waals surface area contributed by atoms with Gasteiger partial charge >= 0.3 is 5.97 Å². The molecular formula is C11H16N2O2S. The summed E-state index contributed by atoms with van der Waals surface area (Å²) >= 11 is 1.36. The van der Waals surface area contributed by atoms with Gasteiger partial charge in [0.1, 0.15) is 0 Å². The van der Waals surface area contributed by atoms with Crippen LogP contribution in [0.5, 0.6) is 0 Å². The van der Waals surface area contributed by atoms with E-state index in [0.29, 0.717) is 11.5 Å². The molecule has 1 aliphatic carbocycles. The van der Waals surface area contributed by atoms with Crippen molar-refractivity contribution < 1.29 is 9.90 Å². The van der Waals surface area contributed by atoms with Crippen LogP contribution in [0.1, 0.15) is 43.6 Å². The van der Waals surface area contributed by atoms with Crippen LogP contribution in [0.2, 0.25) is 0 Å². The minimum absolute atomic E-state index is 0.129. The Morgan fingerprint density at radius 1 is 1.69 bits per heavy atom. The highest BCUT2D eigenvalue weighted by atomic mass is 32.1. The molecule has 1 aromatic rings. The summed E-state index contributed by atoms with van der Waals surface area (Å²) in [4.78, 5) is 14.7. The number of carboxylic acids is 1. The van der Waals surface area contributed by atoms with Gasteiger partial charge in [-0.25, -0.2) is 9.78 Å². The van der Waals surface area contributed by atoms with Gasteiger partial charge in [-0.3, -0.25) is 0 Å². The van der Waals surface area contributed by atoms with E-state index < -0.39 is 5.97 Å². The van der Waals surface area contributed by atoms with Crippen LogP contribution < -0.4 is 5.32 Å². The summed E-state index contributed by atoms with van der Waals surface area (Å²) in [5.41, 5.74) is 0.523. The summed E-state index contributed by atoms with van der Waals surface area (Å²) in [7, 11) is 0. The number of rotatable bonds is 3. The summed E-state index contributed by atoms with van der Waals surface area (Å²) < 4.78 is 0. The highest BCUT2D eigenvalue weighted by Crippen LogP contribution is 2.38. The van der Waals surface area contributed by atoms with Gasteiger partial charge in [-0.2, -0.15) is 0 Å². The van der Waals surface area contributed by atoms with Crippen molar-refractivity contribution in [2.45, 2.75) is 39.2 Å². The fraction of sp³-hybridized carbons (Fsp3) is 0.636. The lowest BCUT2D eigenvalue weighted by Crippen LogP contribution is -2.17. The Labute approximate surface area is 98.7 Å². The number of aromatic carboxylic acids is 1. The standard InChI is InChI=1S/C11H16N2O2S/c1-11(2)4-3-7(5-11)12-10-13-8(6-16-10)9(14)15/h6-7H,3-5H2,1-2H3,(H,12,13)(H,14,15). The predicted molar refractivity (Wildman–Crippen MR) is 64.1 cm³/mol. The predicted octanol–water partition coefficient (Wildman–Crippen LogP) is 2.83. The molecule has 2 N–H and O–H groups in total. The molecule has 0 spiro atoms. The minimum atomic E-state index is -0.962. The largest absolute Gasteiger partial charge is 0.476 e. The number of thiazole rings is 1. The molecule has 1 heterocycles. The van der Waals surface area contributed by atoms with Gasteiger partial charge in [0.05, 0.1) is 0 Å². The molecule has 0 aromatic carbocycles. The maximum atomic E-state index is 10.7. The van der Waals surface area contributed by atoms with Crippen molar-refractivity contribution in [2.24, 2.45) is 5.41 Å². The maximum absolute atomic E-state index is 10.7. The number of hydrogen-bond acceptors (Lipinski definition) is 4. The van der Waals surface area contributed by atoms with Gasteiger partial charge in [0.2, 0.25) is 0 Å². The third-order valence-corrected chi connectivity index (χ3v) is 3.79. The monoisotopic (exact) mass is 240 g/mol. The van der Waals surface area contributed by atoms with Gasteiger partial charge in [0.25, 0.3) is 0 Å². The molecule has 16 heavy (non-hydrogen) atoms. The zero-order valence-corrected chi connectivity index (χ0v) is 10.3. The summed E-state index contributed by atoms with van der Waals surface area (Å²) in [6, 6.07) is 0.433. The van der Waals surface area contributed by atoms with E-state index in [2.05, 4.69) is 24.1 Å². The number of carbonyl (C=O) groups is 1. The molecule has 1 aliphatic rings. The first kappa shape index (κ1) is 11.4. The van der Waals surface area contributed by atoms with Crippen LogP contribution in [0.25, 0.3) is 0 Å². The van der Waals surface area contributed by atoms with Crippen molar-refractivity contribution in [3.8, 4) is 0 Å². The molecule has 0 radical (unpaired) electrons. The lowest BCUT2D eigenvalue weighted by Gasteiger charge is -2.17. The Morgan fingerprint density at radius 3 is 2.94 bits per heavy atom. The number of nitrogens with zero attached hydrogens (tertiary/aromatic N) is 1. The highest BCUT2D eigenvalue weighted by Gasteiger charge is 2.31. The minimum Gasteiger partial charge on any atom is -0.476 e. The van der Waals surface area contributed by atoms with E-state index in [9.17, 15) is 4.79 Å². The fourth-order valence-electron chi connectivity index (χ4n) is 2.17. The van der Waals surface area contributed by atoms with Crippen molar-refractivity contribution in [3.63, 3.8) is 0 Å². The van der Waals surface area contributed by atoms with Gasteiger partial charge in [0, 0.05) is 11.4 Å². The lowest BCUT2D eigenvalue weighted by atomic mass is 9.92. The number of anilines is 1. The van der Waals surface area contributed by atoms with Crippen molar-refractivity contribution in [2.75, 3.05) is 5.32 Å². The smallest absolute Gasteiger partial charge is 0.355 e. The third-order valence-electron chi connectivity index (χ3n) is 3.02. The topological polar surface area (TPSA) is 62.2 Å². The Bertz CT molecular complexity index is 400. The molecule has 1 fully saturated rings. The van der Waals surface area contributed by atoms with Gasteiger partial charge in [-0.05, 0) is 24.7 Å². The normalized spacial score (nSPS) is 23.2. The second kappa shape index (κ2) is 4.05. The van der Waals surface area contributed by atoms with E-state index in [4.69, 9.17) is 5.11 Å². The number of nitrogens with one attached hydrogen (secondary N) is 1. The van der Waals surface area contributed by atoms with Crippen LogP contribution in [0.4, 0.5) is 5.13 Å². The molecule has 4 nitrogen and oxygen atoms in total. The molecule has 1 atom stereocenters. The lowest BCUT2D eigenvalue weighted by molar-refractivity contribution is 0.0691. The quantitative estimate of drug-likeness (QED) is 0.852. The maximum Gasteiger partial charge on any atom is 0.355 e. The van der Waals surface area contributed by atoms with E-state index in [1.54, 1.807) is 5.38 Å². The van der Waals surface area contributed by atoms with Gasteiger partial charge in [-0.15, -0.1) is 11.3 Å². The highest BCUT2D eigenvalue weighted by molar-refractivity contribution is 7.13. The Morgan fingerprint density at radius 2 is 2.44 bits per heavy atom. The molecule has 0 amide bonds. The van der Waals surface area contributed by atoms with E-state index >= 15 is 0 Å². The first-order valence-electron chi connectivity index (χ1n) is 5.42. The number of aromatic nitrogens is 1. The Kier molecular flexibility index (Phi) is 2.88. The summed E-state index contributed by atoms with van der Waals surface area (Å²) in [6.07, 6.45) is 3.46. The SMILES string of the molecule is CC1(C)CCC(Nc2nc(C(=O)O)cs2)C1. The average molecular weight is 240 g/mol. The molecule has 1 unspecified atom stereocenters. The summed E-state index contributed by atoms with van der Waals surface area (Å²) in [5, 5.41) is 14.4. The van der Waals surface area contributed by atoms with Crippen LogP contribution in [0.3, 0.4) is 0 Å². The second-order valence-electron chi connectivity index (χ2n) is 5.09. The van der Waals surface area contributed by atoms with Crippen molar-refractivity contribution in [1.29, 1.82) is 0 Å². The van der Waals surface area contributed by atoms with E-state index in [-0.39, 0.29) is 5.69 Å². The Hall–Kier alpha value is -1.10. The number of hydrogen-bond donors (Lipinski definition) is 2. The zero-order chi connectivity index (χ0) is 11.8. The van der Waals surface area contributed by atoms with E-state index in [1.165, 1.54) is 17.8 Å². The van der Waals surface area contributed by atoms with Gasteiger partial charge in [0.15, 0.2) is 10.8 Å². The van der Waals surface area contributed by atoms with Crippen LogP contribution >= 0.6 is 11.3 Å². The number of carboxylic acid groups (broad SMARTS) is 1. The van der Waals surface area contributed by atoms with Gasteiger partial charge < -0.3 is 10.4 Å². The fourth-order valence-corrected chi connectivity index (χ4v) is 2.93. The average Bonchev–Trinajstić information content (AvgIpc) is 2.73. The van der Waals surface area contributed by atoms with Crippen LogP contribution in [0.15, 0.2) is 5.38 Å². The first-order valence-corrected chi connectivity index (χ1v) is 6.30. The van der Waals surface area contributed by atoms with Crippen LogP contribution in [-0.2, 0) is 0 Å². The van der Waals surface area contributed by atoms with Crippen LogP contribution in [-0.4, -0.2) is 22.1 Å². The van der Waals surface area contributed by atoms with Gasteiger partial charge in [-0.1, -0.05) is 13.8 Å². The second-order valence-corrected chi connectivity index (χ2v) is 5.95. The van der Waals surface area contributed by atoms with Crippen molar-refractivity contribution in [1.82, 2.24) is 4.98 Å². The summed E-state index contributed by atoms with van der Waals surface area (Å²) in [6.45, 7) is 4.53. The summed E-state index contributed by atoms with van der Waals surface area (Å²) in [5.74, 6) is -0.962. The molecule has 0 aliphatic heterocycles. The molecule has 2 rings (SSSR count). The molecule has 0 bridgehead atoms. The molecule has 88 valence electrons. The van der Waals surface area contributed by atoms with Crippen molar-refractivity contribution >= 4 is 22.4 Å².